The first kappa shape index (κ1) is 13.4. The molecule has 0 atom stereocenters. The van der Waals surface area contributed by atoms with E-state index in [9.17, 15) is 9.59 Å². The number of hydrogen-bond donors (Lipinski definition) is 0. The molecule has 0 saturated carbocycles. The third-order valence-corrected chi connectivity index (χ3v) is 3.69. The van der Waals surface area contributed by atoms with E-state index in [1.54, 1.807) is 12.3 Å². The molecule has 4 rings (SSSR count). The zero-order chi connectivity index (χ0) is 16.0. The van der Waals surface area contributed by atoms with Gasteiger partial charge in [-0.1, -0.05) is 12.1 Å². The van der Waals surface area contributed by atoms with Crippen LogP contribution in [0.1, 0.15) is 11.1 Å². The zero-order valence-corrected chi connectivity index (χ0v) is 12.3. The van der Waals surface area contributed by atoms with Gasteiger partial charge in [-0.15, -0.1) is 5.10 Å². The van der Waals surface area contributed by atoms with Crippen LogP contribution in [-0.4, -0.2) is 19.2 Å². The van der Waals surface area contributed by atoms with E-state index >= 15 is 0 Å². The standard InChI is InChI=1S/C16H12N4O3/c1-10-2-3-12-11(7-15(21)23-13(12)6-10)9-20-16(22)19-5-4-17-8-14(19)18-20/h2-8H,9H2,1H3. The summed E-state index contributed by atoms with van der Waals surface area (Å²) < 4.78 is 7.95. The van der Waals surface area contributed by atoms with E-state index in [1.165, 1.54) is 27.5 Å². The molecule has 0 spiro atoms. The molecule has 3 heterocycles. The Bertz CT molecular complexity index is 1150. The number of fused-ring (bicyclic) bond motifs is 2. The second-order valence-electron chi connectivity index (χ2n) is 5.34. The lowest BCUT2D eigenvalue weighted by Gasteiger charge is -2.05. The van der Waals surface area contributed by atoms with Gasteiger partial charge in [0.05, 0.1) is 12.7 Å². The highest BCUT2D eigenvalue weighted by atomic mass is 16.4. The largest absolute Gasteiger partial charge is 0.423 e. The maximum Gasteiger partial charge on any atom is 0.350 e. The van der Waals surface area contributed by atoms with Gasteiger partial charge in [0.1, 0.15) is 5.58 Å². The van der Waals surface area contributed by atoms with Crippen LogP contribution in [0, 0.1) is 6.92 Å². The van der Waals surface area contributed by atoms with Gasteiger partial charge in [-0.25, -0.2) is 18.7 Å². The van der Waals surface area contributed by atoms with Gasteiger partial charge in [0.25, 0.3) is 0 Å². The molecule has 1 aromatic carbocycles. The second-order valence-corrected chi connectivity index (χ2v) is 5.34. The number of aromatic nitrogens is 4. The predicted molar refractivity (Wildman–Crippen MR) is 83.6 cm³/mol. The fourth-order valence-electron chi connectivity index (χ4n) is 2.61. The van der Waals surface area contributed by atoms with Gasteiger partial charge in [0, 0.05) is 23.8 Å². The minimum atomic E-state index is -0.448. The molecular weight excluding hydrogens is 296 g/mol. The third kappa shape index (κ3) is 2.22. The molecule has 7 heteroatoms. The molecule has 0 aliphatic rings. The maximum absolute atomic E-state index is 12.3. The monoisotopic (exact) mass is 308 g/mol. The highest BCUT2D eigenvalue weighted by molar-refractivity contribution is 5.80. The van der Waals surface area contributed by atoms with Crippen LogP contribution in [0.2, 0.25) is 0 Å². The van der Waals surface area contributed by atoms with Crippen molar-refractivity contribution in [3.05, 3.63) is 74.9 Å². The van der Waals surface area contributed by atoms with E-state index < -0.39 is 5.63 Å². The zero-order valence-electron chi connectivity index (χ0n) is 12.3. The molecule has 23 heavy (non-hydrogen) atoms. The van der Waals surface area contributed by atoms with Gasteiger partial charge in [-0.2, -0.15) is 0 Å². The molecule has 7 nitrogen and oxygen atoms in total. The van der Waals surface area contributed by atoms with Crippen molar-refractivity contribution in [1.29, 1.82) is 0 Å². The van der Waals surface area contributed by atoms with E-state index in [2.05, 4.69) is 10.1 Å². The lowest BCUT2D eigenvalue weighted by Crippen LogP contribution is -2.22. The molecule has 0 aliphatic heterocycles. The summed E-state index contributed by atoms with van der Waals surface area (Å²) in [5.41, 5.74) is 1.92. The number of aryl methyl sites for hydroxylation is 1. The summed E-state index contributed by atoms with van der Waals surface area (Å²) in [4.78, 5) is 28.1. The Labute approximate surface area is 129 Å². The van der Waals surface area contributed by atoms with Gasteiger partial charge in [-0.05, 0) is 24.1 Å². The summed E-state index contributed by atoms with van der Waals surface area (Å²) in [5, 5.41) is 5.02. The molecule has 4 aromatic rings. The van der Waals surface area contributed by atoms with Crippen LogP contribution in [-0.2, 0) is 6.54 Å². The fourth-order valence-corrected chi connectivity index (χ4v) is 2.61. The minimum Gasteiger partial charge on any atom is -0.423 e. The predicted octanol–water partition coefficient (Wildman–Crippen LogP) is 1.35. The molecule has 0 saturated heterocycles. The normalized spacial score (nSPS) is 11.3. The first-order chi connectivity index (χ1) is 11.1. The van der Waals surface area contributed by atoms with Crippen LogP contribution in [0.15, 0.2) is 56.9 Å². The van der Waals surface area contributed by atoms with Crippen molar-refractivity contribution in [3.63, 3.8) is 0 Å². The Morgan fingerprint density at radius 3 is 2.91 bits per heavy atom. The first-order valence-electron chi connectivity index (χ1n) is 7.04. The van der Waals surface area contributed by atoms with Crippen LogP contribution in [0.3, 0.4) is 0 Å². The number of rotatable bonds is 2. The van der Waals surface area contributed by atoms with E-state index in [4.69, 9.17) is 4.42 Å². The maximum atomic E-state index is 12.3. The van der Waals surface area contributed by atoms with Crippen molar-refractivity contribution in [2.75, 3.05) is 0 Å². The average molecular weight is 308 g/mol. The minimum absolute atomic E-state index is 0.186. The molecule has 0 amide bonds. The van der Waals surface area contributed by atoms with E-state index in [0.717, 1.165) is 10.9 Å². The Hall–Kier alpha value is -3.22. The summed E-state index contributed by atoms with van der Waals surface area (Å²) >= 11 is 0. The van der Waals surface area contributed by atoms with Crippen LogP contribution < -0.4 is 11.3 Å². The average Bonchev–Trinajstić information content (AvgIpc) is 2.83. The van der Waals surface area contributed by atoms with Gasteiger partial charge in [0.15, 0.2) is 5.65 Å². The Morgan fingerprint density at radius 2 is 2.09 bits per heavy atom. The van der Waals surface area contributed by atoms with Crippen molar-refractivity contribution < 1.29 is 4.42 Å². The summed E-state index contributed by atoms with van der Waals surface area (Å²) in [5.74, 6) is 0. The van der Waals surface area contributed by atoms with Gasteiger partial charge < -0.3 is 4.42 Å². The summed E-state index contributed by atoms with van der Waals surface area (Å²) in [6, 6.07) is 7.01. The molecule has 114 valence electrons. The van der Waals surface area contributed by atoms with Gasteiger partial charge in [-0.3, -0.25) is 4.98 Å². The van der Waals surface area contributed by atoms with Crippen molar-refractivity contribution in [1.82, 2.24) is 19.2 Å². The highest BCUT2D eigenvalue weighted by Gasteiger charge is 2.11. The van der Waals surface area contributed by atoms with E-state index in [-0.39, 0.29) is 12.2 Å². The van der Waals surface area contributed by atoms with E-state index in [0.29, 0.717) is 16.8 Å². The first-order valence-corrected chi connectivity index (χ1v) is 7.04. The van der Waals surface area contributed by atoms with E-state index in [1.807, 2.05) is 19.1 Å². The molecule has 0 unspecified atom stereocenters. The van der Waals surface area contributed by atoms with Crippen LogP contribution in [0.4, 0.5) is 0 Å². The van der Waals surface area contributed by atoms with Crippen LogP contribution in [0.5, 0.6) is 0 Å². The topological polar surface area (TPSA) is 82.4 Å². The van der Waals surface area contributed by atoms with Gasteiger partial charge >= 0.3 is 11.3 Å². The Balaban J connectivity index is 1.91. The molecule has 3 aromatic heterocycles. The molecular formula is C16H12N4O3. The van der Waals surface area contributed by atoms with Crippen molar-refractivity contribution in [2.24, 2.45) is 0 Å². The molecule has 0 aliphatic carbocycles. The summed E-state index contributed by atoms with van der Waals surface area (Å²) in [7, 11) is 0. The second kappa shape index (κ2) is 4.91. The smallest absolute Gasteiger partial charge is 0.350 e. The quantitative estimate of drug-likeness (QED) is 0.522. The number of benzene rings is 1. The Morgan fingerprint density at radius 1 is 1.22 bits per heavy atom. The van der Waals surface area contributed by atoms with Crippen LogP contribution in [0.25, 0.3) is 16.6 Å². The third-order valence-electron chi connectivity index (χ3n) is 3.69. The molecule has 0 fully saturated rings. The lowest BCUT2D eigenvalue weighted by molar-refractivity contribution is 0.555. The molecule has 0 N–H and O–H groups in total. The summed E-state index contributed by atoms with van der Waals surface area (Å²) in [6.07, 6.45) is 4.59. The number of hydrogen-bond acceptors (Lipinski definition) is 5. The number of nitrogens with zero attached hydrogens (tertiary/aromatic N) is 4. The highest BCUT2D eigenvalue weighted by Crippen LogP contribution is 2.18. The van der Waals surface area contributed by atoms with Crippen molar-refractivity contribution >= 4 is 16.6 Å². The van der Waals surface area contributed by atoms with Crippen molar-refractivity contribution in [3.8, 4) is 0 Å². The van der Waals surface area contributed by atoms with Gasteiger partial charge in [0.2, 0.25) is 0 Å². The van der Waals surface area contributed by atoms with Crippen molar-refractivity contribution in [2.45, 2.75) is 13.5 Å². The summed E-state index contributed by atoms with van der Waals surface area (Å²) in [6.45, 7) is 2.11. The molecule has 0 bridgehead atoms. The fraction of sp³-hybridized carbons (Fsp3) is 0.125. The SMILES string of the molecule is Cc1ccc2c(Cn3nc4cnccn4c3=O)cc(=O)oc2c1. The lowest BCUT2D eigenvalue weighted by atomic mass is 10.1. The molecule has 0 radical (unpaired) electrons. The van der Waals surface area contributed by atoms with Crippen LogP contribution >= 0.6 is 0 Å². The Kier molecular flexibility index (Phi) is 2.87.